The van der Waals surface area contributed by atoms with E-state index in [1.165, 1.54) is 0 Å². The molecule has 4 rings (SSSR count). The molecule has 0 aliphatic heterocycles. The Bertz CT molecular complexity index is 979. The molecule has 0 bridgehead atoms. The molecule has 0 saturated carbocycles. The number of amides is 1. The first-order valence-corrected chi connectivity index (χ1v) is 8.33. The number of aromatic nitrogens is 2. The van der Waals surface area contributed by atoms with Gasteiger partial charge in [-0.05, 0) is 46.7 Å². The van der Waals surface area contributed by atoms with Crippen molar-refractivity contribution in [2.24, 2.45) is 0 Å². The fraction of sp³-hybridized carbons (Fsp3) is 0.0556. The first kappa shape index (κ1) is 14.6. The molecule has 0 saturated heterocycles. The second-order valence-corrected chi connectivity index (χ2v) is 6.01. The van der Waals surface area contributed by atoms with Crippen molar-refractivity contribution < 1.29 is 9.21 Å². The minimum atomic E-state index is -0.235. The largest absolute Gasteiger partial charge is 0.467 e. The number of fused-ring (bicyclic) bond motifs is 1. The van der Waals surface area contributed by atoms with Crippen LogP contribution in [0.3, 0.4) is 0 Å². The number of nitrogens with zero attached hydrogens (tertiary/aromatic N) is 2. The standard InChI is InChI=1S/C18H13N3O2S/c22-18(20-9-14-2-1-6-23-14)16-4-3-12-8-19-10-15(17(12)21-16)13-5-7-24-11-13/h1-8,10-11H,9H2,(H,20,22). The molecule has 118 valence electrons. The molecule has 0 atom stereocenters. The van der Waals surface area contributed by atoms with E-state index in [2.05, 4.69) is 15.3 Å². The molecule has 0 radical (unpaired) electrons. The third kappa shape index (κ3) is 2.79. The van der Waals surface area contributed by atoms with Crippen LogP contribution in [-0.2, 0) is 6.54 Å². The Hall–Kier alpha value is -2.99. The number of hydrogen-bond acceptors (Lipinski definition) is 5. The number of carbonyl (C=O) groups is 1. The fourth-order valence-electron chi connectivity index (χ4n) is 2.47. The first-order chi connectivity index (χ1) is 11.8. The molecule has 0 fully saturated rings. The monoisotopic (exact) mass is 335 g/mol. The van der Waals surface area contributed by atoms with Crippen molar-refractivity contribution in [2.45, 2.75) is 6.54 Å². The third-order valence-corrected chi connectivity index (χ3v) is 4.35. The number of nitrogens with one attached hydrogen (secondary N) is 1. The van der Waals surface area contributed by atoms with Crippen LogP contribution >= 0.6 is 11.3 Å². The van der Waals surface area contributed by atoms with Crippen LogP contribution in [0.15, 0.2) is 64.2 Å². The van der Waals surface area contributed by atoms with Gasteiger partial charge in [-0.1, -0.05) is 0 Å². The van der Waals surface area contributed by atoms with Crippen LogP contribution in [-0.4, -0.2) is 15.9 Å². The molecule has 24 heavy (non-hydrogen) atoms. The van der Waals surface area contributed by atoms with Gasteiger partial charge in [-0.15, -0.1) is 0 Å². The molecule has 0 aliphatic rings. The highest BCUT2D eigenvalue weighted by Crippen LogP contribution is 2.28. The zero-order valence-electron chi connectivity index (χ0n) is 12.6. The molecule has 4 heterocycles. The normalized spacial score (nSPS) is 10.8. The van der Waals surface area contributed by atoms with E-state index in [0.717, 1.165) is 22.0 Å². The lowest BCUT2D eigenvalue weighted by Gasteiger charge is -2.07. The van der Waals surface area contributed by atoms with E-state index in [-0.39, 0.29) is 5.91 Å². The van der Waals surface area contributed by atoms with E-state index < -0.39 is 0 Å². The van der Waals surface area contributed by atoms with E-state index in [1.807, 2.05) is 29.0 Å². The predicted molar refractivity (Wildman–Crippen MR) is 92.7 cm³/mol. The highest BCUT2D eigenvalue weighted by Gasteiger charge is 2.12. The maximum Gasteiger partial charge on any atom is 0.270 e. The summed E-state index contributed by atoms with van der Waals surface area (Å²) in [6, 6.07) is 9.20. The summed E-state index contributed by atoms with van der Waals surface area (Å²) in [6.45, 7) is 0.333. The predicted octanol–water partition coefficient (Wildman–Crippen LogP) is 3.88. The van der Waals surface area contributed by atoms with Gasteiger partial charge in [0.15, 0.2) is 0 Å². The lowest BCUT2D eigenvalue weighted by atomic mass is 10.1. The summed E-state index contributed by atoms with van der Waals surface area (Å²) >= 11 is 1.61. The zero-order chi connectivity index (χ0) is 16.4. The van der Waals surface area contributed by atoms with Gasteiger partial charge in [-0.3, -0.25) is 9.78 Å². The summed E-state index contributed by atoms with van der Waals surface area (Å²) in [5, 5.41) is 7.77. The van der Waals surface area contributed by atoms with Crippen molar-refractivity contribution in [3.8, 4) is 11.1 Å². The van der Waals surface area contributed by atoms with Crippen LogP contribution in [0, 0.1) is 0 Å². The quantitative estimate of drug-likeness (QED) is 0.614. The van der Waals surface area contributed by atoms with Gasteiger partial charge in [0, 0.05) is 23.3 Å². The third-order valence-electron chi connectivity index (χ3n) is 3.67. The highest BCUT2D eigenvalue weighted by molar-refractivity contribution is 7.08. The second kappa shape index (κ2) is 6.25. The molecule has 0 aliphatic carbocycles. The van der Waals surface area contributed by atoms with Crippen molar-refractivity contribution in [1.82, 2.24) is 15.3 Å². The molecule has 0 unspecified atom stereocenters. The highest BCUT2D eigenvalue weighted by atomic mass is 32.1. The molecule has 0 aromatic carbocycles. The molecular weight excluding hydrogens is 322 g/mol. The number of thiophene rings is 1. The molecule has 1 N–H and O–H groups in total. The molecule has 4 aromatic heterocycles. The number of hydrogen-bond donors (Lipinski definition) is 1. The van der Waals surface area contributed by atoms with Crippen LogP contribution in [0.25, 0.3) is 22.0 Å². The van der Waals surface area contributed by atoms with Crippen LogP contribution in [0.1, 0.15) is 16.2 Å². The lowest BCUT2D eigenvalue weighted by Crippen LogP contribution is -2.23. The Balaban J connectivity index is 1.67. The molecular formula is C18H13N3O2S. The van der Waals surface area contributed by atoms with Crippen molar-refractivity contribution in [3.63, 3.8) is 0 Å². The van der Waals surface area contributed by atoms with Crippen molar-refractivity contribution in [2.75, 3.05) is 0 Å². The molecule has 1 amide bonds. The number of carbonyl (C=O) groups excluding carboxylic acids is 1. The summed E-state index contributed by atoms with van der Waals surface area (Å²) in [5.41, 5.74) is 3.12. The van der Waals surface area contributed by atoms with E-state index >= 15 is 0 Å². The summed E-state index contributed by atoms with van der Waals surface area (Å²) in [4.78, 5) is 21.2. The number of pyridine rings is 2. The van der Waals surface area contributed by atoms with Gasteiger partial charge < -0.3 is 9.73 Å². The van der Waals surface area contributed by atoms with E-state index in [0.29, 0.717) is 18.0 Å². The van der Waals surface area contributed by atoms with E-state index in [4.69, 9.17) is 4.42 Å². The Kier molecular flexibility index (Phi) is 3.80. The SMILES string of the molecule is O=C(NCc1ccco1)c1ccc2cncc(-c3ccsc3)c2n1. The van der Waals surface area contributed by atoms with Crippen molar-refractivity contribution >= 4 is 28.1 Å². The van der Waals surface area contributed by atoms with Crippen molar-refractivity contribution in [3.05, 3.63) is 71.2 Å². The second-order valence-electron chi connectivity index (χ2n) is 5.23. The maximum atomic E-state index is 12.4. The lowest BCUT2D eigenvalue weighted by molar-refractivity contribution is 0.0943. The zero-order valence-corrected chi connectivity index (χ0v) is 13.4. The smallest absolute Gasteiger partial charge is 0.270 e. The van der Waals surface area contributed by atoms with Gasteiger partial charge >= 0.3 is 0 Å². The van der Waals surface area contributed by atoms with Crippen molar-refractivity contribution in [1.29, 1.82) is 0 Å². The number of rotatable bonds is 4. The van der Waals surface area contributed by atoms with Crippen LogP contribution in [0.2, 0.25) is 0 Å². The summed E-state index contributed by atoms with van der Waals surface area (Å²) < 4.78 is 5.22. The minimum Gasteiger partial charge on any atom is -0.467 e. The average Bonchev–Trinajstić information content (AvgIpc) is 3.32. The fourth-order valence-corrected chi connectivity index (χ4v) is 3.13. The van der Waals surface area contributed by atoms with Gasteiger partial charge in [-0.2, -0.15) is 11.3 Å². The van der Waals surface area contributed by atoms with Gasteiger partial charge in [0.05, 0.1) is 18.3 Å². The Morgan fingerprint density at radius 1 is 1.21 bits per heavy atom. The maximum absolute atomic E-state index is 12.4. The topological polar surface area (TPSA) is 68.0 Å². The molecule has 5 nitrogen and oxygen atoms in total. The minimum absolute atomic E-state index is 0.235. The van der Waals surface area contributed by atoms with E-state index in [1.54, 1.807) is 42.1 Å². The van der Waals surface area contributed by atoms with Gasteiger partial charge in [0.25, 0.3) is 5.91 Å². The van der Waals surface area contributed by atoms with Crippen LogP contribution in [0.5, 0.6) is 0 Å². The summed E-state index contributed by atoms with van der Waals surface area (Å²) in [6.07, 6.45) is 5.11. The summed E-state index contributed by atoms with van der Waals surface area (Å²) in [5.74, 6) is 0.466. The molecule has 6 heteroatoms. The van der Waals surface area contributed by atoms with Gasteiger partial charge in [-0.25, -0.2) is 4.98 Å². The van der Waals surface area contributed by atoms with Crippen LogP contribution in [0.4, 0.5) is 0 Å². The van der Waals surface area contributed by atoms with E-state index in [9.17, 15) is 4.79 Å². The Morgan fingerprint density at radius 3 is 2.96 bits per heavy atom. The number of furan rings is 1. The van der Waals surface area contributed by atoms with Crippen LogP contribution < -0.4 is 5.32 Å². The molecule has 0 spiro atoms. The first-order valence-electron chi connectivity index (χ1n) is 7.39. The van der Waals surface area contributed by atoms with Gasteiger partial charge in [0.1, 0.15) is 11.5 Å². The van der Waals surface area contributed by atoms with Gasteiger partial charge in [0.2, 0.25) is 0 Å². The molecule has 4 aromatic rings. The summed E-state index contributed by atoms with van der Waals surface area (Å²) in [7, 11) is 0. The Labute approximate surface area is 142 Å². The Morgan fingerprint density at radius 2 is 2.17 bits per heavy atom. The average molecular weight is 335 g/mol.